The minimum Gasteiger partial charge on any atom is -0.324 e. The molecule has 27 heavy (non-hydrogen) atoms. The van der Waals surface area contributed by atoms with Crippen LogP contribution in [-0.2, 0) is 4.79 Å². The lowest BCUT2D eigenvalue weighted by Gasteiger charge is -2.23. The van der Waals surface area contributed by atoms with Gasteiger partial charge in [-0.3, -0.25) is 9.59 Å². The highest BCUT2D eigenvalue weighted by atomic mass is 32.2. The molecule has 1 fully saturated rings. The predicted molar refractivity (Wildman–Crippen MR) is 102 cm³/mol. The van der Waals surface area contributed by atoms with Gasteiger partial charge in [-0.15, -0.1) is 16.9 Å². The lowest BCUT2D eigenvalue weighted by molar-refractivity contribution is -0.119. The Bertz CT molecular complexity index is 930. The maximum absolute atomic E-state index is 12.7. The molecule has 2 heterocycles. The van der Waals surface area contributed by atoms with E-state index in [4.69, 9.17) is 0 Å². The Labute approximate surface area is 159 Å². The molecule has 1 aliphatic heterocycles. The molecule has 1 aliphatic rings. The van der Waals surface area contributed by atoms with E-state index >= 15 is 0 Å². The number of carbonyl (C=O) groups is 2. The summed E-state index contributed by atoms with van der Waals surface area (Å²) < 4.78 is 1.53. The summed E-state index contributed by atoms with van der Waals surface area (Å²) in [7, 11) is 0. The quantitative estimate of drug-likeness (QED) is 0.742. The second kappa shape index (κ2) is 7.58. The van der Waals surface area contributed by atoms with Crippen LogP contribution in [0.5, 0.6) is 0 Å². The van der Waals surface area contributed by atoms with Gasteiger partial charge in [-0.05, 0) is 46.8 Å². The Morgan fingerprint density at radius 1 is 1.07 bits per heavy atom. The van der Waals surface area contributed by atoms with Gasteiger partial charge in [0.1, 0.15) is 12.4 Å². The van der Waals surface area contributed by atoms with Crippen molar-refractivity contribution in [3.05, 3.63) is 66.5 Å². The molecule has 8 nitrogen and oxygen atoms in total. The number of aromatic nitrogens is 4. The van der Waals surface area contributed by atoms with Gasteiger partial charge in [0.05, 0.1) is 11.6 Å². The normalized spacial score (nSPS) is 16.3. The monoisotopic (exact) mass is 380 g/mol. The van der Waals surface area contributed by atoms with E-state index in [2.05, 4.69) is 20.8 Å². The van der Waals surface area contributed by atoms with E-state index in [-0.39, 0.29) is 11.8 Å². The molecular weight excluding hydrogens is 364 g/mol. The van der Waals surface area contributed by atoms with Gasteiger partial charge in [0.25, 0.3) is 5.91 Å². The van der Waals surface area contributed by atoms with Crippen LogP contribution >= 0.6 is 11.8 Å². The van der Waals surface area contributed by atoms with E-state index in [0.29, 0.717) is 22.9 Å². The standard InChI is InChI=1S/C18H16N6O2S/c25-17(20-14-6-8-15(9-7-14)24-11-19-21-22-24)16-10-27-12-23(16)18(26)13-4-2-1-3-5-13/h1-9,11,16H,10,12H2,(H,20,25)/t16-/m0/s1. The number of nitrogens with zero attached hydrogens (tertiary/aromatic N) is 5. The largest absolute Gasteiger partial charge is 0.324 e. The highest BCUT2D eigenvalue weighted by molar-refractivity contribution is 7.99. The second-order valence-electron chi connectivity index (χ2n) is 5.95. The number of hydrogen-bond donors (Lipinski definition) is 1. The Balaban J connectivity index is 1.45. The summed E-state index contributed by atoms with van der Waals surface area (Å²) in [5, 5.41) is 13.9. The van der Waals surface area contributed by atoms with Crippen molar-refractivity contribution in [1.29, 1.82) is 0 Å². The Hall–Kier alpha value is -3.20. The predicted octanol–water partition coefficient (Wildman–Crippen LogP) is 1.82. The number of rotatable bonds is 4. The minimum atomic E-state index is -0.498. The lowest BCUT2D eigenvalue weighted by atomic mass is 10.1. The molecule has 4 rings (SSSR count). The molecule has 0 saturated carbocycles. The molecule has 0 spiro atoms. The number of amides is 2. The van der Waals surface area contributed by atoms with Crippen molar-refractivity contribution in [2.45, 2.75) is 6.04 Å². The molecular formula is C18H16N6O2S. The number of carbonyl (C=O) groups excluding carboxylic acids is 2. The van der Waals surface area contributed by atoms with Crippen LogP contribution in [0, 0.1) is 0 Å². The van der Waals surface area contributed by atoms with Gasteiger partial charge in [-0.1, -0.05) is 18.2 Å². The highest BCUT2D eigenvalue weighted by Gasteiger charge is 2.35. The first-order valence-electron chi connectivity index (χ1n) is 8.30. The van der Waals surface area contributed by atoms with Gasteiger partial charge in [-0.2, -0.15) is 0 Å². The van der Waals surface area contributed by atoms with Gasteiger partial charge in [0.2, 0.25) is 5.91 Å². The van der Waals surface area contributed by atoms with Crippen molar-refractivity contribution >= 4 is 29.3 Å². The molecule has 1 saturated heterocycles. The van der Waals surface area contributed by atoms with E-state index in [1.165, 1.54) is 11.0 Å². The first-order chi connectivity index (χ1) is 13.2. The molecule has 2 aromatic carbocycles. The van der Waals surface area contributed by atoms with Crippen molar-refractivity contribution < 1.29 is 9.59 Å². The summed E-state index contributed by atoms with van der Waals surface area (Å²) in [6.45, 7) is 0. The molecule has 0 unspecified atom stereocenters. The molecule has 0 aliphatic carbocycles. The van der Waals surface area contributed by atoms with Crippen LogP contribution in [0.2, 0.25) is 0 Å². The fraction of sp³-hybridized carbons (Fsp3) is 0.167. The SMILES string of the molecule is O=C(Nc1ccc(-n2cnnn2)cc1)[C@@H]1CSCN1C(=O)c1ccccc1. The molecule has 136 valence electrons. The minimum absolute atomic E-state index is 0.130. The Kier molecular flexibility index (Phi) is 4.84. The Morgan fingerprint density at radius 2 is 1.85 bits per heavy atom. The van der Waals surface area contributed by atoms with Gasteiger partial charge in [0, 0.05) is 17.0 Å². The summed E-state index contributed by atoms with van der Waals surface area (Å²) in [6, 6.07) is 15.7. The summed E-state index contributed by atoms with van der Waals surface area (Å²) in [6.07, 6.45) is 1.50. The number of hydrogen-bond acceptors (Lipinski definition) is 6. The molecule has 2 amide bonds. The van der Waals surface area contributed by atoms with E-state index < -0.39 is 6.04 Å². The fourth-order valence-corrected chi connectivity index (χ4v) is 3.96. The molecule has 3 aromatic rings. The zero-order valence-electron chi connectivity index (χ0n) is 14.2. The smallest absolute Gasteiger partial charge is 0.255 e. The van der Waals surface area contributed by atoms with Crippen molar-refractivity contribution in [3.63, 3.8) is 0 Å². The highest BCUT2D eigenvalue weighted by Crippen LogP contribution is 2.24. The maximum atomic E-state index is 12.7. The molecule has 1 N–H and O–H groups in total. The summed E-state index contributed by atoms with van der Waals surface area (Å²) in [4.78, 5) is 27.0. The Morgan fingerprint density at radius 3 is 2.56 bits per heavy atom. The average molecular weight is 380 g/mol. The van der Waals surface area contributed by atoms with Gasteiger partial charge < -0.3 is 10.2 Å². The zero-order chi connectivity index (χ0) is 18.6. The number of anilines is 1. The first kappa shape index (κ1) is 17.2. The topological polar surface area (TPSA) is 93.0 Å². The van der Waals surface area contributed by atoms with Gasteiger partial charge in [-0.25, -0.2) is 4.68 Å². The van der Waals surface area contributed by atoms with Crippen LogP contribution in [-0.4, -0.2) is 54.6 Å². The van der Waals surface area contributed by atoms with E-state index in [0.717, 1.165) is 5.69 Å². The van der Waals surface area contributed by atoms with Crippen LogP contribution < -0.4 is 5.32 Å². The van der Waals surface area contributed by atoms with Crippen LogP contribution in [0.4, 0.5) is 5.69 Å². The maximum Gasteiger partial charge on any atom is 0.255 e. The van der Waals surface area contributed by atoms with E-state index in [1.807, 2.05) is 30.3 Å². The molecule has 9 heteroatoms. The van der Waals surface area contributed by atoms with Crippen LogP contribution in [0.3, 0.4) is 0 Å². The van der Waals surface area contributed by atoms with Crippen molar-refractivity contribution in [1.82, 2.24) is 25.1 Å². The molecule has 1 atom stereocenters. The fourth-order valence-electron chi connectivity index (χ4n) is 2.81. The van der Waals surface area contributed by atoms with Crippen LogP contribution in [0.1, 0.15) is 10.4 Å². The van der Waals surface area contributed by atoms with Crippen molar-refractivity contribution in [3.8, 4) is 5.69 Å². The van der Waals surface area contributed by atoms with Gasteiger partial charge in [0.15, 0.2) is 0 Å². The first-order valence-corrected chi connectivity index (χ1v) is 9.46. The van der Waals surface area contributed by atoms with E-state index in [9.17, 15) is 9.59 Å². The van der Waals surface area contributed by atoms with Crippen LogP contribution in [0.25, 0.3) is 5.69 Å². The number of benzene rings is 2. The third kappa shape index (κ3) is 3.68. The van der Waals surface area contributed by atoms with E-state index in [1.54, 1.807) is 40.9 Å². The van der Waals surface area contributed by atoms with Crippen LogP contribution in [0.15, 0.2) is 60.9 Å². The lowest BCUT2D eigenvalue weighted by Crippen LogP contribution is -2.44. The zero-order valence-corrected chi connectivity index (χ0v) is 15.0. The average Bonchev–Trinajstić information content (AvgIpc) is 3.41. The van der Waals surface area contributed by atoms with Crippen molar-refractivity contribution in [2.75, 3.05) is 16.9 Å². The van der Waals surface area contributed by atoms with Crippen molar-refractivity contribution in [2.24, 2.45) is 0 Å². The summed E-state index contributed by atoms with van der Waals surface area (Å²) in [5.74, 6) is 0.756. The van der Waals surface area contributed by atoms with Gasteiger partial charge >= 0.3 is 0 Å². The summed E-state index contributed by atoms with van der Waals surface area (Å²) in [5.41, 5.74) is 2.03. The third-order valence-corrected chi connectivity index (χ3v) is 5.23. The third-order valence-electron chi connectivity index (χ3n) is 4.21. The number of thioether (sulfide) groups is 1. The number of tetrazole rings is 1. The molecule has 1 aromatic heterocycles. The summed E-state index contributed by atoms with van der Waals surface area (Å²) >= 11 is 1.57. The second-order valence-corrected chi connectivity index (χ2v) is 6.95. The molecule has 0 radical (unpaired) electrons. The molecule has 0 bridgehead atoms. The number of nitrogens with one attached hydrogen (secondary N) is 1.